The van der Waals surface area contributed by atoms with Gasteiger partial charge in [0.15, 0.2) is 11.9 Å². The molecule has 0 radical (unpaired) electrons. The van der Waals surface area contributed by atoms with Crippen LogP contribution in [0.1, 0.15) is 58.3 Å². The molecule has 0 saturated heterocycles. The summed E-state index contributed by atoms with van der Waals surface area (Å²) in [6.45, 7) is 5.31. The predicted octanol–water partition coefficient (Wildman–Crippen LogP) is 2.09. The molecule has 6 heteroatoms. The average Bonchev–Trinajstić information content (AvgIpc) is 2.94. The highest BCUT2D eigenvalue weighted by Crippen LogP contribution is 2.23. The number of rotatable bonds is 4. The molecule has 0 aromatic carbocycles. The van der Waals surface area contributed by atoms with Gasteiger partial charge in [-0.2, -0.15) is 0 Å². The Morgan fingerprint density at radius 1 is 1.29 bits per heavy atom. The molecule has 1 aliphatic rings. The molecule has 21 heavy (non-hydrogen) atoms. The van der Waals surface area contributed by atoms with Crippen LogP contribution in [-0.2, 0) is 14.3 Å². The van der Waals surface area contributed by atoms with E-state index in [-0.39, 0.29) is 18.1 Å². The minimum Gasteiger partial charge on any atom is -0.461 e. The summed E-state index contributed by atoms with van der Waals surface area (Å²) in [5.74, 6) is -1.12. The number of ketones is 1. The summed E-state index contributed by atoms with van der Waals surface area (Å²) >= 11 is 0. The first-order chi connectivity index (χ1) is 9.95. The Kier molecular flexibility index (Phi) is 4.45. The molecule has 1 atom stereocenters. The first kappa shape index (κ1) is 15.3. The Hall–Kier alpha value is -2.11. The normalized spacial score (nSPS) is 17.9. The van der Waals surface area contributed by atoms with Crippen LogP contribution in [0.4, 0.5) is 0 Å². The van der Waals surface area contributed by atoms with Crippen molar-refractivity contribution >= 4 is 17.7 Å². The number of hydrogen-bond acceptors (Lipinski definition) is 5. The SMILES string of the molecule is CCOC(=O)c1[nH]c(C)c(C(=O)O[C@@H]2CCCC2=O)c1C. The number of carbonyl (C=O) groups excluding carboxylic acids is 3. The van der Waals surface area contributed by atoms with Gasteiger partial charge in [-0.3, -0.25) is 4.79 Å². The fraction of sp³-hybridized carbons (Fsp3) is 0.533. The second-order valence-electron chi connectivity index (χ2n) is 5.10. The quantitative estimate of drug-likeness (QED) is 0.859. The standard InChI is InChI=1S/C15H19NO5/c1-4-20-15(19)13-8(2)12(9(3)16-13)14(18)21-11-7-5-6-10(11)17/h11,16H,4-7H2,1-3H3/t11-/m1/s1. The number of aryl methyl sites for hydroxylation is 1. The van der Waals surface area contributed by atoms with E-state index >= 15 is 0 Å². The number of esters is 2. The van der Waals surface area contributed by atoms with Crippen LogP contribution in [0.5, 0.6) is 0 Å². The Morgan fingerprint density at radius 2 is 2.00 bits per heavy atom. The van der Waals surface area contributed by atoms with Crippen LogP contribution in [0, 0.1) is 13.8 Å². The van der Waals surface area contributed by atoms with E-state index in [0.29, 0.717) is 29.7 Å². The van der Waals surface area contributed by atoms with Crippen LogP contribution in [0.3, 0.4) is 0 Å². The molecule has 2 rings (SSSR count). The highest BCUT2D eigenvalue weighted by atomic mass is 16.5. The number of H-pyrrole nitrogens is 1. The number of aromatic amines is 1. The summed E-state index contributed by atoms with van der Waals surface area (Å²) in [5, 5.41) is 0. The number of nitrogens with one attached hydrogen (secondary N) is 1. The van der Waals surface area contributed by atoms with Crippen LogP contribution in [0.2, 0.25) is 0 Å². The largest absolute Gasteiger partial charge is 0.461 e. The molecule has 1 heterocycles. The molecule has 0 aliphatic heterocycles. The van der Waals surface area contributed by atoms with Crippen LogP contribution in [-0.4, -0.2) is 35.4 Å². The van der Waals surface area contributed by atoms with Crippen molar-refractivity contribution in [1.82, 2.24) is 4.98 Å². The second kappa shape index (κ2) is 6.11. The van der Waals surface area contributed by atoms with E-state index < -0.39 is 18.0 Å². The predicted molar refractivity (Wildman–Crippen MR) is 74.3 cm³/mol. The minimum absolute atomic E-state index is 0.0418. The number of aromatic nitrogens is 1. The van der Waals surface area contributed by atoms with E-state index in [4.69, 9.17) is 9.47 Å². The zero-order valence-electron chi connectivity index (χ0n) is 12.4. The lowest BCUT2D eigenvalue weighted by Crippen LogP contribution is -2.22. The summed E-state index contributed by atoms with van der Waals surface area (Å²) in [4.78, 5) is 38.4. The topological polar surface area (TPSA) is 85.5 Å². The number of hydrogen-bond donors (Lipinski definition) is 1. The van der Waals surface area contributed by atoms with Gasteiger partial charge in [0.1, 0.15) is 5.69 Å². The number of Topliss-reactive ketones (excluding diaryl/α,β-unsaturated/α-hetero) is 1. The average molecular weight is 293 g/mol. The van der Waals surface area contributed by atoms with Crippen LogP contribution in [0.15, 0.2) is 0 Å². The molecule has 0 unspecified atom stereocenters. The van der Waals surface area contributed by atoms with Crippen LogP contribution in [0.25, 0.3) is 0 Å². The zero-order chi connectivity index (χ0) is 15.6. The summed E-state index contributed by atoms with van der Waals surface area (Å²) in [6, 6.07) is 0. The van der Waals surface area contributed by atoms with E-state index in [9.17, 15) is 14.4 Å². The van der Waals surface area contributed by atoms with Crippen molar-refractivity contribution in [3.05, 3.63) is 22.5 Å². The van der Waals surface area contributed by atoms with Crippen molar-refractivity contribution in [1.29, 1.82) is 0 Å². The third-order valence-electron chi connectivity index (χ3n) is 3.62. The highest BCUT2D eigenvalue weighted by Gasteiger charge is 2.31. The fourth-order valence-electron chi connectivity index (χ4n) is 2.56. The minimum atomic E-state index is -0.655. The molecule has 1 N–H and O–H groups in total. The lowest BCUT2D eigenvalue weighted by Gasteiger charge is -2.10. The van der Waals surface area contributed by atoms with Gasteiger partial charge in [0.2, 0.25) is 0 Å². The van der Waals surface area contributed by atoms with E-state index in [1.807, 2.05) is 0 Å². The summed E-state index contributed by atoms with van der Waals surface area (Å²) in [5.41, 5.74) is 1.57. The van der Waals surface area contributed by atoms with E-state index in [0.717, 1.165) is 6.42 Å². The fourth-order valence-corrected chi connectivity index (χ4v) is 2.56. The number of ether oxygens (including phenoxy) is 2. The van der Waals surface area contributed by atoms with E-state index in [2.05, 4.69) is 4.98 Å². The Morgan fingerprint density at radius 3 is 2.57 bits per heavy atom. The summed E-state index contributed by atoms with van der Waals surface area (Å²) in [6.07, 6.45) is 1.11. The van der Waals surface area contributed by atoms with Gasteiger partial charge >= 0.3 is 11.9 Å². The van der Waals surface area contributed by atoms with Crippen molar-refractivity contribution in [2.45, 2.75) is 46.1 Å². The molecule has 1 aromatic rings. The molecule has 1 fully saturated rings. The smallest absolute Gasteiger partial charge is 0.355 e. The Balaban J connectivity index is 2.21. The molecule has 0 bridgehead atoms. The molecule has 1 aliphatic carbocycles. The summed E-state index contributed by atoms with van der Waals surface area (Å²) < 4.78 is 10.2. The van der Waals surface area contributed by atoms with Gasteiger partial charge in [-0.1, -0.05) is 0 Å². The Bertz CT molecular complexity index is 587. The molecule has 114 valence electrons. The maximum absolute atomic E-state index is 12.2. The van der Waals surface area contributed by atoms with Crippen molar-refractivity contribution in [2.75, 3.05) is 6.61 Å². The van der Waals surface area contributed by atoms with E-state index in [1.165, 1.54) is 0 Å². The molecule has 0 spiro atoms. The third-order valence-corrected chi connectivity index (χ3v) is 3.62. The van der Waals surface area contributed by atoms with Crippen molar-refractivity contribution in [2.24, 2.45) is 0 Å². The molecule has 6 nitrogen and oxygen atoms in total. The lowest BCUT2D eigenvalue weighted by molar-refractivity contribution is -0.124. The first-order valence-electron chi connectivity index (χ1n) is 7.05. The second-order valence-corrected chi connectivity index (χ2v) is 5.10. The molecule has 1 saturated carbocycles. The van der Waals surface area contributed by atoms with Gasteiger partial charge in [-0.15, -0.1) is 0 Å². The van der Waals surface area contributed by atoms with Crippen molar-refractivity contribution < 1.29 is 23.9 Å². The van der Waals surface area contributed by atoms with Gasteiger partial charge in [0.05, 0.1) is 12.2 Å². The van der Waals surface area contributed by atoms with Crippen LogP contribution < -0.4 is 0 Å². The van der Waals surface area contributed by atoms with Gasteiger partial charge in [0, 0.05) is 12.1 Å². The molecular weight excluding hydrogens is 274 g/mol. The van der Waals surface area contributed by atoms with Gasteiger partial charge < -0.3 is 14.5 Å². The number of carbonyl (C=O) groups is 3. The zero-order valence-corrected chi connectivity index (χ0v) is 12.4. The van der Waals surface area contributed by atoms with Gasteiger partial charge in [0.25, 0.3) is 0 Å². The monoisotopic (exact) mass is 293 g/mol. The maximum Gasteiger partial charge on any atom is 0.355 e. The van der Waals surface area contributed by atoms with Gasteiger partial charge in [-0.25, -0.2) is 9.59 Å². The first-order valence-corrected chi connectivity index (χ1v) is 7.05. The van der Waals surface area contributed by atoms with Gasteiger partial charge in [-0.05, 0) is 39.2 Å². The molecular formula is C15H19NO5. The molecule has 1 aromatic heterocycles. The maximum atomic E-state index is 12.2. The lowest BCUT2D eigenvalue weighted by atomic mass is 10.1. The highest BCUT2D eigenvalue weighted by molar-refractivity contribution is 5.99. The van der Waals surface area contributed by atoms with E-state index in [1.54, 1.807) is 20.8 Å². The Labute approximate surface area is 122 Å². The van der Waals surface area contributed by atoms with Crippen LogP contribution >= 0.6 is 0 Å². The summed E-state index contributed by atoms with van der Waals surface area (Å²) in [7, 11) is 0. The third kappa shape index (κ3) is 2.99. The van der Waals surface area contributed by atoms with Crippen molar-refractivity contribution in [3.8, 4) is 0 Å². The van der Waals surface area contributed by atoms with Crippen molar-refractivity contribution in [3.63, 3.8) is 0 Å². The molecule has 0 amide bonds.